The van der Waals surface area contributed by atoms with Gasteiger partial charge >= 0.3 is 0 Å². The summed E-state index contributed by atoms with van der Waals surface area (Å²) in [5.74, 6) is 0. The molecule has 0 atom stereocenters. The Balaban J connectivity index is 3.48. The van der Waals surface area contributed by atoms with Gasteiger partial charge in [-0.2, -0.15) is 4.99 Å². The number of nitro benzene ring substituents is 1. The molecule has 0 aliphatic rings. The Hall–Kier alpha value is -1.52. The molecular formula is C8H5BrN2O3. The second-order valence-corrected chi connectivity index (χ2v) is 3.35. The molecule has 0 aliphatic carbocycles. The standard InChI is InChI=1S/C8H5BrN2O3/c1-5-7(11(13)14)3-2-6(9)8(5)10-4-12/h2-3H,1H3. The predicted molar refractivity (Wildman–Crippen MR) is 53.3 cm³/mol. The summed E-state index contributed by atoms with van der Waals surface area (Å²) in [5, 5.41) is 10.5. The minimum Gasteiger partial charge on any atom is -0.258 e. The van der Waals surface area contributed by atoms with Gasteiger partial charge in [0.05, 0.1) is 10.5 Å². The fourth-order valence-electron chi connectivity index (χ4n) is 1.04. The summed E-state index contributed by atoms with van der Waals surface area (Å²) in [6.07, 6.45) is 1.35. The molecule has 0 radical (unpaired) electrons. The van der Waals surface area contributed by atoms with Crippen LogP contribution in [0.5, 0.6) is 0 Å². The lowest BCUT2D eigenvalue weighted by atomic mass is 10.1. The van der Waals surface area contributed by atoms with E-state index in [1.54, 1.807) is 0 Å². The van der Waals surface area contributed by atoms with Gasteiger partial charge in [-0.1, -0.05) is 0 Å². The number of nitrogens with zero attached hydrogens (tertiary/aromatic N) is 2. The quantitative estimate of drug-likeness (QED) is 0.354. The van der Waals surface area contributed by atoms with E-state index >= 15 is 0 Å². The van der Waals surface area contributed by atoms with Gasteiger partial charge in [0.25, 0.3) is 5.69 Å². The second kappa shape index (κ2) is 4.13. The first-order chi connectivity index (χ1) is 6.57. The van der Waals surface area contributed by atoms with Crippen molar-refractivity contribution in [2.75, 3.05) is 0 Å². The molecule has 0 aromatic heterocycles. The van der Waals surface area contributed by atoms with Crippen LogP contribution in [0.4, 0.5) is 11.4 Å². The Morgan fingerprint density at radius 2 is 2.21 bits per heavy atom. The van der Waals surface area contributed by atoms with Crippen molar-refractivity contribution >= 4 is 33.4 Å². The maximum absolute atomic E-state index is 10.5. The number of rotatable bonds is 2. The topological polar surface area (TPSA) is 72.6 Å². The number of aliphatic imine (C=N–C) groups is 1. The SMILES string of the molecule is Cc1c([N+](=O)[O-])ccc(Br)c1N=C=O. The van der Waals surface area contributed by atoms with Crippen molar-refractivity contribution in [3.8, 4) is 0 Å². The zero-order valence-corrected chi connectivity index (χ0v) is 8.74. The van der Waals surface area contributed by atoms with Crippen LogP contribution in [0.2, 0.25) is 0 Å². The maximum Gasteiger partial charge on any atom is 0.274 e. The number of hydrogen-bond donors (Lipinski definition) is 0. The summed E-state index contributed by atoms with van der Waals surface area (Å²) in [7, 11) is 0. The zero-order valence-electron chi connectivity index (χ0n) is 7.15. The highest BCUT2D eigenvalue weighted by Gasteiger charge is 2.15. The van der Waals surface area contributed by atoms with E-state index < -0.39 is 4.92 Å². The Labute approximate surface area is 87.7 Å². The highest BCUT2D eigenvalue weighted by atomic mass is 79.9. The van der Waals surface area contributed by atoms with E-state index in [9.17, 15) is 14.9 Å². The fraction of sp³-hybridized carbons (Fsp3) is 0.125. The first kappa shape index (κ1) is 10.6. The van der Waals surface area contributed by atoms with Crippen LogP contribution in [0.25, 0.3) is 0 Å². The van der Waals surface area contributed by atoms with E-state index in [1.165, 1.54) is 25.1 Å². The molecule has 5 nitrogen and oxygen atoms in total. The first-order valence-corrected chi connectivity index (χ1v) is 4.38. The molecule has 72 valence electrons. The number of halogens is 1. The van der Waals surface area contributed by atoms with Gasteiger partial charge in [0.15, 0.2) is 0 Å². The molecule has 14 heavy (non-hydrogen) atoms. The third kappa shape index (κ3) is 1.86. The van der Waals surface area contributed by atoms with Crippen LogP contribution in [0.15, 0.2) is 21.6 Å². The van der Waals surface area contributed by atoms with Crippen LogP contribution in [0.3, 0.4) is 0 Å². The van der Waals surface area contributed by atoms with Crippen molar-refractivity contribution in [1.29, 1.82) is 0 Å². The van der Waals surface area contributed by atoms with E-state index in [-0.39, 0.29) is 11.4 Å². The number of hydrogen-bond acceptors (Lipinski definition) is 4. The van der Waals surface area contributed by atoms with Crippen LogP contribution >= 0.6 is 15.9 Å². The highest BCUT2D eigenvalue weighted by molar-refractivity contribution is 9.10. The third-order valence-electron chi connectivity index (χ3n) is 1.71. The molecular weight excluding hydrogens is 252 g/mol. The summed E-state index contributed by atoms with van der Waals surface area (Å²) >= 11 is 3.14. The van der Waals surface area contributed by atoms with Gasteiger partial charge in [-0.05, 0) is 28.9 Å². The largest absolute Gasteiger partial charge is 0.274 e. The fourth-order valence-corrected chi connectivity index (χ4v) is 1.56. The van der Waals surface area contributed by atoms with Crippen molar-refractivity contribution in [3.05, 3.63) is 32.3 Å². The minimum atomic E-state index is -0.522. The molecule has 0 N–H and O–H groups in total. The lowest BCUT2D eigenvalue weighted by Crippen LogP contribution is -1.91. The van der Waals surface area contributed by atoms with Crippen molar-refractivity contribution in [2.24, 2.45) is 4.99 Å². The van der Waals surface area contributed by atoms with Gasteiger partial charge in [-0.3, -0.25) is 10.1 Å². The van der Waals surface area contributed by atoms with Crippen LogP contribution in [0, 0.1) is 17.0 Å². The Kier molecular flexibility index (Phi) is 3.11. The van der Waals surface area contributed by atoms with Crippen LogP contribution in [-0.4, -0.2) is 11.0 Å². The average molecular weight is 257 g/mol. The number of benzene rings is 1. The molecule has 6 heteroatoms. The summed E-state index contributed by atoms with van der Waals surface area (Å²) in [5.41, 5.74) is 0.518. The van der Waals surface area contributed by atoms with Crippen LogP contribution in [-0.2, 0) is 4.79 Å². The average Bonchev–Trinajstić information content (AvgIpc) is 2.11. The summed E-state index contributed by atoms with van der Waals surface area (Å²) in [6, 6.07) is 2.82. The van der Waals surface area contributed by atoms with Crippen molar-refractivity contribution in [3.63, 3.8) is 0 Å². The van der Waals surface area contributed by atoms with Gasteiger partial charge in [0, 0.05) is 10.5 Å². The third-order valence-corrected chi connectivity index (χ3v) is 2.35. The summed E-state index contributed by atoms with van der Waals surface area (Å²) in [6.45, 7) is 1.53. The molecule has 0 spiro atoms. The second-order valence-electron chi connectivity index (χ2n) is 2.50. The molecule has 0 amide bonds. The molecule has 0 saturated carbocycles. The van der Waals surface area contributed by atoms with E-state index in [2.05, 4.69) is 20.9 Å². The van der Waals surface area contributed by atoms with Gasteiger partial charge in [-0.25, -0.2) is 4.79 Å². The molecule has 0 heterocycles. The highest BCUT2D eigenvalue weighted by Crippen LogP contribution is 2.34. The molecule has 0 saturated heterocycles. The normalized spacial score (nSPS) is 9.29. The smallest absolute Gasteiger partial charge is 0.258 e. The van der Waals surface area contributed by atoms with E-state index in [4.69, 9.17) is 0 Å². The molecule has 0 unspecified atom stereocenters. The Bertz CT molecular complexity index is 438. The predicted octanol–water partition coefficient (Wildman–Crippen LogP) is 2.63. The van der Waals surface area contributed by atoms with Gasteiger partial charge in [0.2, 0.25) is 6.08 Å². The Morgan fingerprint density at radius 1 is 1.57 bits per heavy atom. The lowest BCUT2D eigenvalue weighted by Gasteiger charge is -2.01. The molecule has 0 fully saturated rings. The molecule has 0 aliphatic heterocycles. The number of isocyanates is 1. The van der Waals surface area contributed by atoms with Gasteiger partial charge in [-0.15, -0.1) is 0 Å². The summed E-state index contributed by atoms with van der Waals surface area (Å²) in [4.78, 5) is 23.5. The van der Waals surface area contributed by atoms with E-state index in [1.807, 2.05) is 0 Å². The van der Waals surface area contributed by atoms with E-state index in [0.717, 1.165) is 0 Å². The molecule has 1 rings (SSSR count). The lowest BCUT2D eigenvalue weighted by molar-refractivity contribution is -0.385. The van der Waals surface area contributed by atoms with Gasteiger partial charge in [0.1, 0.15) is 5.69 Å². The van der Waals surface area contributed by atoms with Crippen molar-refractivity contribution in [2.45, 2.75) is 6.92 Å². The summed E-state index contributed by atoms with van der Waals surface area (Å²) < 4.78 is 0.531. The number of nitro groups is 1. The molecule has 0 bridgehead atoms. The van der Waals surface area contributed by atoms with Crippen LogP contribution < -0.4 is 0 Å². The van der Waals surface area contributed by atoms with Crippen molar-refractivity contribution in [1.82, 2.24) is 0 Å². The Morgan fingerprint density at radius 3 is 2.71 bits per heavy atom. The van der Waals surface area contributed by atoms with E-state index in [0.29, 0.717) is 10.0 Å². The zero-order chi connectivity index (χ0) is 10.7. The van der Waals surface area contributed by atoms with Crippen molar-refractivity contribution < 1.29 is 9.72 Å². The molecule has 1 aromatic carbocycles. The minimum absolute atomic E-state index is 0.0674. The van der Waals surface area contributed by atoms with Crippen LogP contribution in [0.1, 0.15) is 5.56 Å². The number of carbonyl (C=O) groups excluding carboxylic acids is 1. The maximum atomic E-state index is 10.5. The van der Waals surface area contributed by atoms with Gasteiger partial charge < -0.3 is 0 Å². The molecule has 1 aromatic rings. The monoisotopic (exact) mass is 256 g/mol. The first-order valence-electron chi connectivity index (χ1n) is 3.59.